The lowest BCUT2D eigenvalue weighted by Crippen LogP contribution is -2.06. The van der Waals surface area contributed by atoms with Gasteiger partial charge in [0.05, 0.1) is 0 Å². The Morgan fingerprint density at radius 2 is 2.45 bits per heavy atom. The van der Waals surface area contributed by atoms with Gasteiger partial charge in [-0.15, -0.1) is 0 Å². The van der Waals surface area contributed by atoms with E-state index in [1.807, 2.05) is 0 Å². The quantitative estimate of drug-likeness (QED) is 0.815. The van der Waals surface area contributed by atoms with Gasteiger partial charge in [-0.2, -0.15) is 4.98 Å². The average Bonchev–Trinajstić information content (AvgIpc) is 2.31. The predicted octanol–water partition coefficient (Wildman–Crippen LogP) is 2.55. The Labute approximate surface area is 74.3 Å². The third-order valence-electron chi connectivity index (χ3n) is 0.788. The van der Waals surface area contributed by atoms with E-state index >= 15 is 0 Å². The number of halogens is 3. The molecule has 0 unspecified atom stereocenters. The van der Waals surface area contributed by atoms with Crippen molar-refractivity contribution >= 4 is 27.3 Å². The topological polar surface area (TPSA) is 22.1 Å². The SMILES string of the molecule is FC(F)COc1nc(Br)cs1. The zero-order chi connectivity index (χ0) is 8.27. The Hall–Kier alpha value is -0.230. The number of hydrogen-bond acceptors (Lipinski definition) is 3. The minimum atomic E-state index is -2.45. The molecule has 0 saturated carbocycles. The smallest absolute Gasteiger partial charge is 0.274 e. The van der Waals surface area contributed by atoms with Crippen molar-refractivity contribution in [2.45, 2.75) is 6.43 Å². The van der Waals surface area contributed by atoms with Crippen LogP contribution in [0.2, 0.25) is 0 Å². The maximum absolute atomic E-state index is 11.6. The lowest BCUT2D eigenvalue weighted by molar-refractivity contribution is 0.0817. The van der Waals surface area contributed by atoms with Crippen LogP contribution in [0.4, 0.5) is 8.78 Å². The van der Waals surface area contributed by atoms with Gasteiger partial charge in [-0.05, 0) is 15.9 Å². The molecule has 1 heterocycles. The second-order valence-electron chi connectivity index (χ2n) is 1.64. The predicted molar refractivity (Wildman–Crippen MR) is 41.3 cm³/mol. The fourth-order valence-electron chi connectivity index (χ4n) is 0.440. The first-order valence-corrected chi connectivity index (χ1v) is 4.37. The lowest BCUT2D eigenvalue weighted by Gasteiger charge is -1.98. The van der Waals surface area contributed by atoms with Crippen molar-refractivity contribution in [2.75, 3.05) is 6.61 Å². The van der Waals surface area contributed by atoms with Crippen LogP contribution in [0.15, 0.2) is 9.98 Å². The molecule has 0 spiro atoms. The molecule has 11 heavy (non-hydrogen) atoms. The Morgan fingerprint density at radius 3 is 2.91 bits per heavy atom. The van der Waals surface area contributed by atoms with Crippen molar-refractivity contribution in [3.05, 3.63) is 9.98 Å². The van der Waals surface area contributed by atoms with E-state index in [-0.39, 0.29) is 5.19 Å². The molecule has 62 valence electrons. The van der Waals surface area contributed by atoms with Crippen molar-refractivity contribution in [1.82, 2.24) is 4.98 Å². The van der Waals surface area contributed by atoms with Gasteiger partial charge >= 0.3 is 0 Å². The monoisotopic (exact) mass is 243 g/mol. The highest BCUT2D eigenvalue weighted by Crippen LogP contribution is 2.21. The molecule has 0 bridgehead atoms. The minimum absolute atomic E-state index is 0.261. The second kappa shape index (κ2) is 3.96. The van der Waals surface area contributed by atoms with Crippen LogP contribution in [-0.4, -0.2) is 18.0 Å². The number of thiazole rings is 1. The van der Waals surface area contributed by atoms with Crippen molar-refractivity contribution in [3.63, 3.8) is 0 Å². The van der Waals surface area contributed by atoms with Crippen molar-refractivity contribution < 1.29 is 13.5 Å². The van der Waals surface area contributed by atoms with E-state index < -0.39 is 13.0 Å². The Kier molecular flexibility index (Phi) is 3.19. The van der Waals surface area contributed by atoms with Crippen molar-refractivity contribution in [2.24, 2.45) is 0 Å². The molecule has 6 heteroatoms. The summed E-state index contributed by atoms with van der Waals surface area (Å²) in [6, 6.07) is 0. The summed E-state index contributed by atoms with van der Waals surface area (Å²) in [7, 11) is 0. The largest absolute Gasteiger partial charge is 0.464 e. The first kappa shape index (κ1) is 8.86. The summed E-state index contributed by atoms with van der Waals surface area (Å²) < 4.78 is 28.4. The van der Waals surface area contributed by atoms with Crippen molar-refractivity contribution in [1.29, 1.82) is 0 Å². The first-order valence-electron chi connectivity index (χ1n) is 2.70. The number of hydrogen-bond donors (Lipinski definition) is 0. The third kappa shape index (κ3) is 3.11. The summed E-state index contributed by atoms with van der Waals surface area (Å²) in [4.78, 5) is 3.76. The average molecular weight is 244 g/mol. The number of ether oxygens (including phenoxy) is 1. The first-order chi connectivity index (χ1) is 5.18. The van der Waals surface area contributed by atoms with Gasteiger partial charge in [0.15, 0.2) is 6.61 Å². The van der Waals surface area contributed by atoms with Gasteiger partial charge in [0, 0.05) is 5.38 Å². The van der Waals surface area contributed by atoms with E-state index in [1.54, 1.807) is 5.38 Å². The number of rotatable bonds is 3. The fourth-order valence-corrected chi connectivity index (χ4v) is 1.54. The summed E-state index contributed by atoms with van der Waals surface area (Å²) in [5.74, 6) is 0. The Bertz CT molecular complexity index is 230. The number of aromatic nitrogens is 1. The normalized spacial score (nSPS) is 10.5. The maximum Gasteiger partial charge on any atom is 0.274 e. The highest BCUT2D eigenvalue weighted by molar-refractivity contribution is 9.10. The second-order valence-corrected chi connectivity index (χ2v) is 3.27. The van der Waals surface area contributed by atoms with E-state index in [0.717, 1.165) is 0 Å². The molecule has 0 N–H and O–H groups in total. The molecule has 0 radical (unpaired) electrons. The summed E-state index contributed by atoms with van der Waals surface area (Å²) >= 11 is 4.25. The van der Waals surface area contributed by atoms with Crippen LogP contribution < -0.4 is 4.74 Å². The molecule has 0 aliphatic rings. The molecule has 0 aromatic carbocycles. The van der Waals surface area contributed by atoms with E-state index in [0.29, 0.717) is 4.60 Å². The molecule has 0 fully saturated rings. The van der Waals surface area contributed by atoms with Crippen LogP contribution >= 0.6 is 27.3 Å². The van der Waals surface area contributed by atoms with E-state index in [9.17, 15) is 8.78 Å². The standard InChI is InChI=1S/C5H4BrF2NOS/c6-3-2-11-5(9-3)10-1-4(7)8/h2,4H,1H2. The molecule has 1 aromatic rings. The zero-order valence-corrected chi connectivity index (χ0v) is 7.66. The summed E-state index contributed by atoms with van der Waals surface area (Å²) in [6.07, 6.45) is -2.45. The molecule has 0 aliphatic heterocycles. The molecular formula is C5H4BrF2NOS. The van der Waals surface area contributed by atoms with Crippen LogP contribution in [0.3, 0.4) is 0 Å². The molecule has 0 saturated heterocycles. The highest BCUT2D eigenvalue weighted by Gasteiger charge is 2.05. The van der Waals surface area contributed by atoms with Gasteiger partial charge in [-0.3, -0.25) is 0 Å². The molecular weight excluding hydrogens is 240 g/mol. The highest BCUT2D eigenvalue weighted by atomic mass is 79.9. The number of alkyl halides is 2. The van der Waals surface area contributed by atoms with Crippen LogP contribution in [0, 0.1) is 0 Å². The van der Waals surface area contributed by atoms with Gasteiger partial charge < -0.3 is 4.74 Å². The van der Waals surface area contributed by atoms with Gasteiger partial charge in [-0.1, -0.05) is 11.3 Å². The third-order valence-corrected chi connectivity index (χ3v) is 2.25. The molecule has 1 aromatic heterocycles. The van der Waals surface area contributed by atoms with Gasteiger partial charge in [-0.25, -0.2) is 8.78 Å². The molecule has 0 aliphatic carbocycles. The molecule has 1 rings (SSSR count). The van der Waals surface area contributed by atoms with E-state index in [1.165, 1.54) is 11.3 Å². The van der Waals surface area contributed by atoms with E-state index in [4.69, 9.17) is 0 Å². The lowest BCUT2D eigenvalue weighted by atomic mass is 10.8. The fraction of sp³-hybridized carbons (Fsp3) is 0.400. The molecule has 0 atom stereocenters. The molecule has 2 nitrogen and oxygen atoms in total. The van der Waals surface area contributed by atoms with Crippen LogP contribution in [0.5, 0.6) is 5.19 Å². The van der Waals surface area contributed by atoms with Crippen LogP contribution in [0.1, 0.15) is 0 Å². The summed E-state index contributed by atoms with van der Waals surface area (Å²) in [6.45, 7) is -0.597. The van der Waals surface area contributed by atoms with Crippen molar-refractivity contribution in [3.8, 4) is 5.19 Å². The van der Waals surface area contributed by atoms with Gasteiger partial charge in [0.1, 0.15) is 4.60 Å². The minimum Gasteiger partial charge on any atom is -0.464 e. The van der Waals surface area contributed by atoms with Gasteiger partial charge in [0.25, 0.3) is 11.6 Å². The zero-order valence-electron chi connectivity index (χ0n) is 5.26. The van der Waals surface area contributed by atoms with Crippen LogP contribution in [-0.2, 0) is 0 Å². The maximum atomic E-state index is 11.6. The van der Waals surface area contributed by atoms with E-state index in [2.05, 4.69) is 25.7 Å². The Morgan fingerprint density at radius 1 is 1.73 bits per heavy atom. The summed E-state index contributed by atoms with van der Waals surface area (Å²) in [5, 5.41) is 1.93. The molecule has 0 amide bonds. The number of nitrogens with zero attached hydrogens (tertiary/aromatic N) is 1. The van der Waals surface area contributed by atoms with Crippen LogP contribution in [0.25, 0.3) is 0 Å². The van der Waals surface area contributed by atoms with Gasteiger partial charge in [0.2, 0.25) is 0 Å². The Balaban J connectivity index is 2.39. The summed E-state index contributed by atoms with van der Waals surface area (Å²) in [5.41, 5.74) is 0.